The van der Waals surface area contributed by atoms with Gasteiger partial charge in [0.1, 0.15) is 5.69 Å². The van der Waals surface area contributed by atoms with Gasteiger partial charge in [0.15, 0.2) is 0 Å². The topological polar surface area (TPSA) is 75.5 Å². The molecule has 7 heteroatoms. The first kappa shape index (κ1) is 14.2. The minimum atomic E-state index is -0.561. The van der Waals surface area contributed by atoms with E-state index in [1.165, 1.54) is 23.1 Å². The Morgan fingerprint density at radius 1 is 1.44 bits per heavy atom. The minimum absolute atomic E-state index is 0.101. The van der Waals surface area contributed by atoms with Crippen LogP contribution in [0.2, 0.25) is 5.02 Å². The van der Waals surface area contributed by atoms with Gasteiger partial charge < -0.3 is 10.2 Å². The molecule has 0 radical (unpaired) electrons. The summed E-state index contributed by atoms with van der Waals surface area (Å²) in [5.74, 6) is 0. The second-order valence-electron chi connectivity index (χ2n) is 3.52. The number of anilines is 1. The first-order valence-electron chi connectivity index (χ1n) is 5.49. The Morgan fingerprint density at radius 3 is 2.56 bits per heavy atom. The van der Waals surface area contributed by atoms with E-state index < -0.39 is 4.92 Å². The van der Waals surface area contributed by atoms with Crippen molar-refractivity contribution in [2.24, 2.45) is 0 Å². The summed E-state index contributed by atoms with van der Waals surface area (Å²) in [6.45, 7) is 4.71. The lowest BCUT2D eigenvalue weighted by atomic mass is 10.2. The smallest absolute Gasteiger partial charge is 0.322 e. The van der Waals surface area contributed by atoms with Crippen molar-refractivity contribution >= 4 is 29.0 Å². The maximum atomic E-state index is 11.8. The molecule has 0 unspecified atom stereocenters. The van der Waals surface area contributed by atoms with Gasteiger partial charge in [-0.25, -0.2) is 4.79 Å². The molecule has 1 aromatic rings. The van der Waals surface area contributed by atoms with Crippen LogP contribution in [0.4, 0.5) is 16.2 Å². The molecule has 1 rings (SSSR count). The molecule has 0 aromatic heterocycles. The zero-order valence-electron chi connectivity index (χ0n) is 10.1. The number of halogens is 1. The van der Waals surface area contributed by atoms with Crippen LogP contribution in [0.5, 0.6) is 0 Å². The molecule has 0 heterocycles. The van der Waals surface area contributed by atoms with E-state index in [-0.39, 0.29) is 17.4 Å². The van der Waals surface area contributed by atoms with Crippen LogP contribution in [0.15, 0.2) is 18.2 Å². The molecule has 0 aliphatic carbocycles. The van der Waals surface area contributed by atoms with Gasteiger partial charge >= 0.3 is 6.03 Å². The van der Waals surface area contributed by atoms with E-state index >= 15 is 0 Å². The summed E-state index contributed by atoms with van der Waals surface area (Å²) in [5, 5.41) is 13.6. The van der Waals surface area contributed by atoms with Crippen LogP contribution in [0, 0.1) is 10.1 Å². The highest BCUT2D eigenvalue weighted by Gasteiger charge is 2.18. The highest BCUT2D eigenvalue weighted by molar-refractivity contribution is 6.31. The zero-order chi connectivity index (χ0) is 13.7. The third kappa shape index (κ3) is 3.33. The number of rotatable bonds is 4. The van der Waals surface area contributed by atoms with Crippen molar-refractivity contribution in [2.45, 2.75) is 13.8 Å². The fourth-order valence-corrected chi connectivity index (χ4v) is 1.64. The van der Waals surface area contributed by atoms with Gasteiger partial charge in [-0.05, 0) is 26.0 Å². The van der Waals surface area contributed by atoms with Crippen molar-refractivity contribution in [3.05, 3.63) is 33.3 Å². The molecule has 0 fully saturated rings. The molecule has 1 aromatic carbocycles. The molecule has 0 atom stereocenters. The van der Waals surface area contributed by atoms with Gasteiger partial charge in [0.05, 0.1) is 4.92 Å². The van der Waals surface area contributed by atoms with E-state index in [0.29, 0.717) is 18.1 Å². The van der Waals surface area contributed by atoms with E-state index in [1.54, 1.807) is 0 Å². The average molecular weight is 272 g/mol. The Morgan fingerprint density at radius 2 is 2.06 bits per heavy atom. The second kappa shape index (κ2) is 6.20. The predicted octanol–water partition coefficient (Wildman–Crippen LogP) is 3.12. The van der Waals surface area contributed by atoms with Crippen LogP contribution in [-0.2, 0) is 0 Å². The number of nitro benzene ring substituents is 1. The van der Waals surface area contributed by atoms with Crippen LogP contribution in [0.1, 0.15) is 13.8 Å². The van der Waals surface area contributed by atoms with Gasteiger partial charge in [0.2, 0.25) is 0 Å². The molecule has 0 aliphatic heterocycles. The number of nitro groups is 1. The summed E-state index contributed by atoms with van der Waals surface area (Å²) in [7, 11) is 0. The first-order chi connectivity index (χ1) is 8.49. The van der Waals surface area contributed by atoms with E-state index in [0.717, 1.165) is 0 Å². The number of hydrogen-bond donors (Lipinski definition) is 1. The third-order valence-corrected chi connectivity index (χ3v) is 2.68. The van der Waals surface area contributed by atoms with Crippen LogP contribution in [0.25, 0.3) is 0 Å². The van der Waals surface area contributed by atoms with Crippen molar-refractivity contribution in [1.29, 1.82) is 0 Å². The lowest BCUT2D eigenvalue weighted by molar-refractivity contribution is -0.383. The number of benzene rings is 1. The first-order valence-corrected chi connectivity index (χ1v) is 5.87. The molecule has 18 heavy (non-hydrogen) atoms. The number of carbonyl (C=O) groups excluding carboxylic acids is 1. The molecule has 98 valence electrons. The summed E-state index contributed by atoms with van der Waals surface area (Å²) < 4.78 is 0. The summed E-state index contributed by atoms with van der Waals surface area (Å²) in [6, 6.07) is 3.65. The molecule has 0 saturated heterocycles. The van der Waals surface area contributed by atoms with Gasteiger partial charge in [-0.15, -0.1) is 0 Å². The molecule has 1 N–H and O–H groups in total. The summed E-state index contributed by atoms with van der Waals surface area (Å²) in [6.07, 6.45) is 0. The summed E-state index contributed by atoms with van der Waals surface area (Å²) in [4.78, 5) is 23.6. The van der Waals surface area contributed by atoms with Gasteiger partial charge in [-0.1, -0.05) is 11.6 Å². The predicted molar refractivity (Wildman–Crippen MR) is 70.0 cm³/mol. The Kier molecular flexibility index (Phi) is 4.91. The van der Waals surface area contributed by atoms with Gasteiger partial charge in [-0.2, -0.15) is 0 Å². The van der Waals surface area contributed by atoms with Crippen molar-refractivity contribution in [3.63, 3.8) is 0 Å². The maximum absolute atomic E-state index is 11.8. The average Bonchev–Trinajstić information content (AvgIpc) is 2.30. The number of carbonyl (C=O) groups is 1. The van der Waals surface area contributed by atoms with E-state index in [4.69, 9.17) is 11.6 Å². The summed E-state index contributed by atoms with van der Waals surface area (Å²) in [5.41, 5.74) is -0.0793. The van der Waals surface area contributed by atoms with Crippen molar-refractivity contribution in [2.75, 3.05) is 18.4 Å². The largest absolute Gasteiger partial charge is 0.325 e. The summed E-state index contributed by atoms with van der Waals surface area (Å²) >= 11 is 5.76. The number of amides is 2. The fraction of sp³-hybridized carbons (Fsp3) is 0.364. The lowest BCUT2D eigenvalue weighted by Gasteiger charge is -2.19. The van der Waals surface area contributed by atoms with Crippen molar-refractivity contribution in [1.82, 2.24) is 4.90 Å². The monoisotopic (exact) mass is 271 g/mol. The number of nitrogens with one attached hydrogen (secondary N) is 1. The minimum Gasteiger partial charge on any atom is -0.325 e. The van der Waals surface area contributed by atoms with E-state index in [9.17, 15) is 14.9 Å². The van der Waals surface area contributed by atoms with Crippen molar-refractivity contribution in [3.8, 4) is 0 Å². The Labute approximate surface area is 110 Å². The van der Waals surface area contributed by atoms with Crippen LogP contribution in [0.3, 0.4) is 0 Å². The Hall–Kier alpha value is -1.82. The highest BCUT2D eigenvalue weighted by Crippen LogP contribution is 2.27. The third-order valence-electron chi connectivity index (χ3n) is 2.45. The van der Waals surface area contributed by atoms with Crippen LogP contribution < -0.4 is 5.32 Å². The van der Waals surface area contributed by atoms with Gasteiger partial charge in [0, 0.05) is 24.2 Å². The quantitative estimate of drug-likeness (QED) is 0.675. The molecular formula is C11H14ClN3O3. The molecule has 2 amide bonds. The Balaban J connectivity index is 2.99. The molecule has 0 bridgehead atoms. The molecule has 6 nitrogen and oxygen atoms in total. The molecule has 0 aliphatic rings. The molecule has 0 spiro atoms. The highest BCUT2D eigenvalue weighted by atomic mass is 35.5. The fourth-order valence-electron chi connectivity index (χ4n) is 1.47. The van der Waals surface area contributed by atoms with Gasteiger partial charge in [0.25, 0.3) is 5.69 Å². The maximum Gasteiger partial charge on any atom is 0.322 e. The lowest BCUT2D eigenvalue weighted by Crippen LogP contribution is -2.34. The second-order valence-corrected chi connectivity index (χ2v) is 3.96. The van der Waals surface area contributed by atoms with Crippen LogP contribution >= 0.6 is 11.6 Å². The standard InChI is InChI=1S/C11H14ClN3O3/c1-3-14(4-2)11(16)13-9-7-8(12)5-6-10(9)15(17)18/h5-7H,3-4H2,1-2H3,(H,13,16). The van der Waals surface area contributed by atoms with E-state index in [1.807, 2.05) is 13.8 Å². The molecule has 0 saturated carbocycles. The zero-order valence-corrected chi connectivity index (χ0v) is 10.9. The Bertz CT molecular complexity index is 461. The van der Waals surface area contributed by atoms with E-state index in [2.05, 4.69) is 5.32 Å². The number of hydrogen-bond acceptors (Lipinski definition) is 3. The SMILES string of the molecule is CCN(CC)C(=O)Nc1cc(Cl)ccc1[N+](=O)[O-]. The number of nitrogens with zero attached hydrogens (tertiary/aromatic N) is 2. The normalized spacial score (nSPS) is 9.94. The van der Waals surface area contributed by atoms with Crippen molar-refractivity contribution < 1.29 is 9.72 Å². The number of urea groups is 1. The molecular weight excluding hydrogens is 258 g/mol. The van der Waals surface area contributed by atoms with Gasteiger partial charge in [-0.3, -0.25) is 10.1 Å². The van der Waals surface area contributed by atoms with Crippen LogP contribution in [-0.4, -0.2) is 28.9 Å².